The van der Waals surface area contributed by atoms with Crippen LogP contribution in [0.5, 0.6) is 0 Å². The largest absolute Gasteiger partial charge is 0.378 e. The number of nitrogens with one attached hydrogen (secondary N) is 1. The van der Waals surface area contributed by atoms with Crippen LogP contribution >= 0.6 is 11.6 Å². The molecule has 26 heavy (non-hydrogen) atoms. The van der Waals surface area contributed by atoms with Crippen molar-refractivity contribution in [3.05, 3.63) is 34.3 Å². The van der Waals surface area contributed by atoms with Gasteiger partial charge < -0.3 is 9.64 Å². The molecule has 1 aromatic rings. The van der Waals surface area contributed by atoms with Crippen LogP contribution in [0.15, 0.2) is 18.2 Å². The lowest BCUT2D eigenvalue weighted by atomic mass is 9.88. The number of halogens is 1. The molecule has 2 heterocycles. The molecule has 2 saturated heterocycles. The summed E-state index contributed by atoms with van der Waals surface area (Å²) in [4.78, 5) is 2.33. The summed E-state index contributed by atoms with van der Waals surface area (Å²) in [7, 11) is -3.21. The summed E-state index contributed by atoms with van der Waals surface area (Å²) in [6, 6.07) is 6.48. The van der Waals surface area contributed by atoms with E-state index in [4.69, 9.17) is 16.3 Å². The molecule has 2 fully saturated rings. The Morgan fingerprint density at radius 1 is 1.27 bits per heavy atom. The summed E-state index contributed by atoms with van der Waals surface area (Å²) in [5.74, 6) is 0.974. The average Bonchev–Trinajstić information content (AvgIpc) is 2.53. The van der Waals surface area contributed by atoms with Gasteiger partial charge in [-0.05, 0) is 55.0 Å². The van der Waals surface area contributed by atoms with Gasteiger partial charge in [-0.3, -0.25) is 0 Å². The Balaban J connectivity index is 1.45. The van der Waals surface area contributed by atoms with E-state index in [0.717, 1.165) is 37.5 Å². The maximum atomic E-state index is 12.0. The van der Waals surface area contributed by atoms with Crippen LogP contribution in [0.1, 0.15) is 49.7 Å². The predicted octanol–water partition coefficient (Wildman–Crippen LogP) is 2.96. The van der Waals surface area contributed by atoms with Gasteiger partial charge in [-0.2, -0.15) is 0 Å². The van der Waals surface area contributed by atoms with Crippen molar-refractivity contribution in [2.75, 3.05) is 39.4 Å². The second-order valence-corrected chi connectivity index (χ2v) is 10.1. The number of likely N-dealkylation sites (tertiary alicyclic amines) is 1. The molecule has 0 radical (unpaired) electrons. The van der Waals surface area contributed by atoms with Crippen LogP contribution in [0.3, 0.4) is 0 Å². The Morgan fingerprint density at radius 2 is 1.96 bits per heavy atom. The van der Waals surface area contributed by atoms with Crippen LogP contribution in [-0.4, -0.2) is 58.0 Å². The van der Waals surface area contributed by atoms with E-state index in [1.807, 2.05) is 0 Å². The topological polar surface area (TPSA) is 58.6 Å². The molecule has 5 nitrogen and oxygen atoms in total. The number of benzene rings is 1. The van der Waals surface area contributed by atoms with Crippen molar-refractivity contribution in [1.29, 1.82) is 0 Å². The highest BCUT2D eigenvalue weighted by atomic mass is 35.5. The minimum Gasteiger partial charge on any atom is -0.378 e. The molecule has 0 spiro atoms. The number of nitrogens with zero attached hydrogens (tertiary/aromatic N) is 1. The van der Waals surface area contributed by atoms with Crippen molar-refractivity contribution in [3.8, 4) is 0 Å². The first-order valence-corrected chi connectivity index (χ1v) is 11.4. The number of piperidine rings is 1. The molecular weight excluding hydrogens is 372 g/mol. The molecule has 1 aromatic carbocycles. The SMILES string of the molecule is CC(C)c1ccc(C2CCN(CCNS(=O)(=O)C3COC3)CC2)c(Cl)c1. The van der Waals surface area contributed by atoms with Gasteiger partial charge in [-0.25, -0.2) is 13.1 Å². The maximum Gasteiger partial charge on any atom is 0.219 e. The van der Waals surface area contributed by atoms with Gasteiger partial charge in [0.05, 0.1) is 13.2 Å². The van der Waals surface area contributed by atoms with Gasteiger partial charge in [0.2, 0.25) is 10.0 Å². The first kappa shape index (κ1) is 20.1. The number of hydrogen-bond donors (Lipinski definition) is 1. The van der Waals surface area contributed by atoms with Crippen LogP contribution in [0.25, 0.3) is 0 Å². The van der Waals surface area contributed by atoms with Gasteiger partial charge in [0.15, 0.2) is 0 Å². The van der Waals surface area contributed by atoms with Gasteiger partial charge >= 0.3 is 0 Å². The quantitative estimate of drug-likeness (QED) is 0.764. The highest BCUT2D eigenvalue weighted by Gasteiger charge is 2.32. The van der Waals surface area contributed by atoms with Crippen molar-refractivity contribution in [2.24, 2.45) is 0 Å². The summed E-state index contributed by atoms with van der Waals surface area (Å²) in [5.41, 5.74) is 2.53. The molecule has 146 valence electrons. The third-order valence-corrected chi connectivity index (χ3v) is 7.58. The predicted molar refractivity (Wildman–Crippen MR) is 105 cm³/mol. The minimum atomic E-state index is -3.21. The van der Waals surface area contributed by atoms with E-state index in [9.17, 15) is 8.42 Å². The van der Waals surface area contributed by atoms with Crippen LogP contribution in [0.2, 0.25) is 5.02 Å². The fraction of sp³-hybridized carbons (Fsp3) is 0.684. The lowest BCUT2D eigenvalue weighted by Crippen LogP contribution is -2.48. The van der Waals surface area contributed by atoms with E-state index in [1.54, 1.807) is 0 Å². The Hall–Kier alpha value is -0.660. The summed E-state index contributed by atoms with van der Waals surface area (Å²) in [6.45, 7) is 8.15. The van der Waals surface area contributed by atoms with Crippen molar-refractivity contribution >= 4 is 21.6 Å². The third-order valence-electron chi connectivity index (χ3n) is 5.50. The first-order valence-electron chi connectivity index (χ1n) is 9.44. The Bertz CT molecular complexity index is 711. The van der Waals surface area contributed by atoms with Gasteiger partial charge in [0.25, 0.3) is 0 Å². The molecule has 0 bridgehead atoms. The molecule has 0 unspecified atom stereocenters. The molecule has 0 aromatic heterocycles. The van der Waals surface area contributed by atoms with E-state index < -0.39 is 10.0 Å². The van der Waals surface area contributed by atoms with Gasteiger partial charge in [-0.15, -0.1) is 0 Å². The van der Waals surface area contributed by atoms with Crippen molar-refractivity contribution in [2.45, 2.75) is 43.8 Å². The summed E-state index contributed by atoms with van der Waals surface area (Å²) >= 11 is 6.53. The molecular formula is C19H29ClN2O3S. The van der Waals surface area contributed by atoms with Crippen molar-refractivity contribution < 1.29 is 13.2 Å². The molecule has 0 aliphatic carbocycles. The number of hydrogen-bond acceptors (Lipinski definition) is 4. The molecule has 3 rings (SSSR count). The van der Waals surface area contributed by atoms with Gasteiger partial charge in [0.1, 0.15) is 5.25 Å². The number of sulfonamides is 1. The van der Waals surface area contributed by atoms with Gasteiger partial charge in [0, 0.05) is 18.1 Å². The Morgan fingerprint density at radius 3 is 2.50 bits per heavy atom. The molecule has 1 N–H and O–H groups in total. The summed E-state index contributed by atoms with van der Waals surface area (Å²) in [6.07, 6.45) is 2.12. The van der Waals surface area contributed by atoms with Crippen LogP contribution in [0.4, 0.5) is 0 Å². The van der Waals surface area contributed by atoms with Crippen LogP contribution in [0, 0.1) is 0 Å². The molecule has 2 aliphatic rings. The summed E-state index contributed by atoms with van der Waals surface area (Å²) < 4.78 is 31.6. The van der Waals surface area contributed by atoms with E-state index >= 15 is 0 Å². The van der Waals surface area contributed by atoms with E-state index in [0.29, 0.717) is 31.6 Å². The van der Waals surface area contributed by atoms with E-state index in [1.165, 1.54) is 11.1 Å². The molecule has 7 heteroatoms. The molecule has 0 saturated carbocycles. The minimum absolute atomic E-state index is 0.317. The van der Waals surface area contributed by atoms with E-state index in [2.05, 4.69) is 41.7 Å². The average molecular weight is 401 g/mol. The number of ether oxygens (including phenoxy) is 1. The van der Waals surface area contributed by atoms with Crippen molar-refractivity contribution in [3.63, 3.8) is 0 Å². The molecule has 0 atom stereocenters. The van der Waals surface area contributed by atoms with Crippen LogP contribution in [-0.2, 0) is 14.8 Å². The number of rotatable bonds is 7. The Labute approximate surface area is 162 Å². The molecule has 0 amide bonds. The van der Waals surface area contributed by atoms with Crippen molar-refractivity contribution in [1.82, 2.24) is 9.62 Å². The lowest BCUT2D eigenvalue weighted by molar-refractivity contribution is 0.0411. The van der Waals surface area contributed by atoms with E-state index in [-0.39, 0.29) is 5.25 Å². The highest BCUT2D eigenvalue weighted by molar-refractivity contribution is 7.90. The summed E-state index contributed by atoms with van der Waals surface area (Å²) in [5, 5.41) is 0.509. The maximum absolute atomic E-state index is 12.0. The zero-order valence-corrected chi connectivity index (χ0v) is 17.2. The smallest absolute Gasteiger partial charge is 0.219 e. The zero-order chi connectivity index (χ0) is 18.7. The fourth-order valence-corrected chi connectivity index (χ4v) is 5.06. The van der Waals surface area contributed by atoms with Crippen LogP contribution < -0.4 is 4.72 Å². The second kappa shape index (κ2) is 8.57. The highest BCUT2D eigenvalue weighted by Crippen LogP contribution is 2.34. The third kappa shape index (κ3) is 4.78. The normalized spacial score (nSPS) is 20.5. The van der Waals surface area contributed by atoms with Gasteiger partial charge in [-0.1, -0.05) is 37.6 Å². The zero-order valence-electron chi connectivity index (χ0n) is 15.6. The Kier molecular flexibility index (Phi) is 6.62. The second-order valence-electron chi connectivity index (χ2n) is 7.65. The fourth-order valence-electron chi connectivity index (χ4n) is 3.56. The lowest BCUT2D eigenvalue weighted by Gasteiger charge is -2.33. The molecule has 2 aliphatic heterocycles. The first-order chi connectivity index (χ1) is 12.4. The standard InChI is InChI=1S/C19H29ClN2O3S/c1-14(2)16-3-4-18(19(20)11-16)15-5-8-22(9-6-15)10-7-21-26(23,24)17-12-25-13-17/h3-4,11,14-15,17,21H,5-10,12-13H2,1-2H3. The monoisotopic (exact) mass is 400 g/mol.